The number of hydrogen-bond donors (Lipinski definition) is 1. The fourth-order valence-electron chi connectivity index (χ4n) is 3.77. The number of rotatable bonds is 3. The predicted molar refractivity (Wildman–Crippen MR) is 105 cm³/mol. The topological polar surface area (TPSA) is 71.0 Å². The molecule has 0 bridgehead atoms. The van der Waals surface area contributed by atoms with Crippen molar-refractivity contribution in [2.75, 3.05) is 13.1 Å². The van der Waals surface area contributed by atoms with Crippen molar-refractivity contribution in [2.45, 2.75) is 33.2 Å². The number of aromatic amines is 1. The third-order valence-corrected chi connectivity index (χ3v) is 5.67. The van der Waals surface area contributed by atoms with E-state index in [4.69, 9.17) is 0 Å². The standard InChI is InChI=1S/C21H24N4O2/c1-14-15(2)23-13-25(20(14)26)12-16-6-9-24(10-7-16)21(27)18-3-4-19-17(11-18)5-8-22-19/h3-5,8,11,13,16,22H,6-7,9-10,12H2,1-2H3. The molecule has 1 aliphatic rings. The Hall–Kier alpha value is -2.89. The van der Waals surface area contributed by atoms with Crippen molar-refractivity contribution < 1.29 is 4.79 Å². The van der Waals surface area contributed by atoms with Crippen LogP contribution in [0.3, 0.4) is 0 Å². The number of aromatic nitrogens is 3. The molecule has 1 aromatic carbocycles. The van der Waals surface area contributed by atoms with Crippen LogP contribution in [0.5, 0.6) is 0 Å². The second kappa shape index (κ2) is 7.02. The quantitative estimate of drug-likeness (QED) is 0.777. The molecule has 4 rings (SSSR count). The molecule has 0 atom stereocenters. The highest BCUT2D eigenvalue weighted by Gasteiger charge is 2.24. The molecule has 1 saturated heterocycles. The van der Waals surface area contributed by atoms with Crippen LogP contribution in [0, 0.1) is 19.8 Å². The van der Waals surface area contributed by atoms with Crippen LogP contribution in [-0.4, -0.2) is 38.4 Å². The van der Waals surface area contributed by atoms with Gasteiger partial charge in [-0.05, 0) is 56.9 Å². The molecule has 1 aliphatic heterocycles. The summed E-state index contributed by atoms with van der Waals surface area (Å²) in [4.78, 5) is 34.6. The second-order valence-electron chi connectivity index (χ2n) is 7.43. The molecule has 2 aromatic heterocycles. The highest BCUT2D eigenvalue weighted by molar-refractivity contribution is 5.98. The van der Waals surface area contributed by atoms with Crippen LogP contribution >= 0.6 is 0 Å². The van der Waals surface area contributed by atoms with Crippen LogP contribution in [0.15, 0.2) is 41.6 Å². The fourth-order valence-corrected chi connectivity index (χ4v) is 3.77. The molecule has 0 aliphatic carbocycles. The summed E-state index contributed by atoms with van der Waals surface area (Å²) in [5, 5.41) is 1.05. The van der Waals surface area contributed by atoms with Crippen LogP contribution in [-0.2, 0) is 6.54 Å². The summed E-state index contributed by atoms with van der Waals surface area (Å²) < 4.78 is 1.71. The number of amides is 1. The van der Waals surface area contributed by atoms with E-state index < -0.39 is 0 Å². The Balaban J connectivity index is 1.40. The first kappa shape index (κ1) is 17.5. The van der Waals surface area contributed by atoms with Gasteiger partial charge < -0.3 is 9.88 Å². The first-order chi connectivity index (χ1) is 13.0. The molecule has 6 heteroatoms. The van der Waals surface area contributed by atoms with Gasteiger partial charge in [-0.2, -0.15) is 0 Å². The molecule has 0 radical (unpaired) electrons. The Bertz CT molecular complexity index is 1040. The van der Waals surface area contributed by atoms with E-state index in [1.54, 1.807) is 10.9 Å². The van der Waals surface area contributed by atoms with Crippen molar-refractivity contribution >= 4 is 16.8 Å². The third kappa shape index (κ3) is 3.39. The predicted octanol–water partition coefficient (Wildman–Crippen LogP) is 2.89. The first-order valence-corrected chi connectivity index (χ1v) is 9.42. The van der Waals surface area contributed by atoms with Gasteiger partial charge in [0.05, 0.1) is 6.33 Å². The number of benzene rings is 1. The summed E-state index contributed by atoms with van der Waals surface area (Å²) in [6.07, 6.45) is 5.33. The Morgan fingerprint density at radius 3 is 2.78 bits per heavy atom. The summed E-state index contributed by atoms with van der Waals surface area (Å²) in [7, 11) is 0. The van der Waals surface area contributed by atoms with Gasteiger partial charge in [-0.25, -0.2) is 4.98 Å². The molecule has 140 valence electrons. The maximum atomic E-state index is 12.8. The zero-order chi connectivity index (χ0) is 19.0. The van der Waals surface area contributed by atoms with Crippen molar-refractivity contribution in [2.24, 2.45) is 5.92 Å². The monoisotopic (exact) mass is 364 g/mol. The number of aryl methyl sites for hydroxylation is 1. The molecule has 0 spiro atoms. The Labute approximate surface area is 157 Å². The van der Waals surface area contributed by atoms with Gasteiger partial charge in [0, 0.05) is 53.6 Å². The lowest BCUT2D eigenvalue weighted by Crippen LogP contribution is -2.40. The maximum Gasteiger partial charge on any atom is 0.256 e. The fraction of sp³-hybridized carbons (Fsp3) is 0.381. The molecule has 3 aromatic rings. The molecule has 27 heavy (non-hydrogen) atoms. The number of nitrogens with one attached hydrogen (secondary N) is 1. The van der Waals surface area contributed by atoms with Gasteiger partial charge in [0.15, 0.2) is 0 Å². The normalized spacial score (nSPS) is 15.4. The van der Waals surface area contributed by atoms with E-state index in [-0.39, 0.29) is 11.5 Å². The summed E-state index contributed by atoms with van der Waals surface area (Å²) in [5.41, 5.74) is 3.31. The Kier molecular flexibility index (Phi) is 4.56. The van der Waals surface area contributed by atoms with Gasteiger partial charge >= 0.3 is 0 Å². The lowest BCUT2D eigenvalue weighted by atomic mass is 9.96. The van der Waals surface area contributed by atoms with Gasteiger partial charge in [-0.15, -0.1) is 0 Å². The number of hydrogen-bond acceptors (Lipinski definition) is 3. The van der Waals surface area contributed by atoms with Crippen molar-refractivity contribution in [1.82, 2.24) is 19.4 Å². The zero-order valence-electron chi connectivity index (χ0n) is 15.7. The molecule has 1 fully saturated rings. The van der Waals surface area contributed by atoms with Crippen molar-refractivity contribution in [3.8, 4) is 0 Å². The minimum Gasteiger partial charge on any atom is -0.361 e. The third-order valence-electron chi connectivity index (χ3n) is 5.67. The van der Waals surface area contributed by atoms with E-state index >= 15 is 0 Å². The highest BCUT2D eigenvalue weighted by Crippen LogP contribution is 2.22. The van der Waals surface area contributed by atoms with E-state index in [0.29, 0.717) is 18.0 Å². The molecule has 0 saturated carbocycles. The maximum absolute atomic E-state index is 12.8. The van der Waals surface area contributed by atoms with Crippen LogP contribution in [0.1, 0.15) is 34.5 Å². The van der Waals surface area contributed by atoms with E-state index in [0.717, 1.165) is 48.1 Å². The average Bonchev–Trinajstić information content (AvgIpc) is 3.16. The first-order valence-electron chi connectivity index (χ1n) is 9.42. The van der Waals surface area contributed by atoms with Crippen LogP contribution in [0.2, 0.25) is 0 Å². The number of carbonyl (C=O) groups is 1. The molecule has 6 nitrogen and oxygen atoms in total. The molecule has 3 heterocycles. The van der Waals surface area contributed by atoms with Crippen molar-refractivity contribution in [3.63, 3.8) is 0 Å². The molecular formula is C21H24N4O2. The lowest BCUT2D eigenvalue weighted by Gasteiger charge is -2.32. The number of H-pyrrole nitrogens is 1. The summed E-state index contributed by atoms with van der Waals surface area (Å²) in [5.74, 6) is 0.476. The van der Waals surface area contributed by atoms with Gasteiger partial charge in [-0.3, -0.25) is 14.2 Å². The number of piperidine rings is 1. The minimum absolute atomic E-state index is 0.0424. The molecule has 1 amide bonds. The van der Waals surface area contributed by atoms with Crippen LogP contribution < -0.4 is 5.56 Å². The van der Waals surface area contributed by atoms with Crippen molar-refractivity contribution in [1.29, 1.82) is 0 Å². The molecule has 0 unspecified atom stereocenters. The number of carbonyl (C=O) groups excluding carboxylic acids is 1. The minimum atomic E-state index is 0.0424. The second-order valence-corrected chi connectivity index (χ2v) is 7.43. The van der Waals surface area contributed by atoms with Crippen LogP contribution in [0.25, 0.3) is 10.9 Å². The summed E-state index contributed by atoms with van der Waals surface area (Å²) >= 11 is 0. The highest BCUT2D eigenvalue weighted by atomic mass is 16.2. The Morgan fingerprint density at radius 2 is 2.00 bits per heavy atom. The molecular weight excluding hydrogens is 340 g/mol. The number of fused-ring (bicyclic) bond motifs is 1. The summed E-state index contributed by atoms with van der Waals surface area (Å²) in [6, 6.07) is 7.76. The van der Waals surface area contributed by atoms with E-state index in [1.165, 1.54) is 0 Å². The smallest absolute Gasteiger partial charge is 0.256 e. The molecule has 1 N–H and O–H groups in total. The Morgan fingerprint density at radius 1 is 1.22 bits per heavy atom. The van der Waals surface area contributed by atoms with E-state index in [1.807, 2.05) is 49.2 Å². The SMILES string of the molecule is Cc1ncn(CC2CCN(C(=O)c3ccc4[nH]ccc4c3)CC2)c(=O)c1C. The number of likely N-dealkylation sites (tertiary alicyclic amines) is 1. The van der Waals surface area contributed by atoms with Crippen molar-refractivity contribution in [3.05, 3.63) is 64.0 Å². The summed E-state index contributed by atoms with van der Waals surface area (Å²) in [6.45, 7) is 5.80. The largest absolute Gasteiger partial charge is 0.361 e. The zero-order valence-corrected chi connectivity index (χ0v) is 15.7. The lowest BCUT2D eigenvalue weighted by molar-refractivity contribution is 0.0682. The number of nitrogens with zero attached hydrogens (tertiary/aromatic N) is 3. The van der Waals surface area contributed by atoms with Gasteiger partial charge in [0.2, 0.25) is 0 Å². The average molecular weight is 364 g/mol. The van der Waals surface area contributed by atoms with Gasteiger partial charge in [0.1, 0.15) is 0 Å². The van der Waals surface area contributed by atoms with Crippen LogP contribution in [0.4, 0.5) is 0 Å². The van der Waals surface area contributed by atoms with E-state index in [2.05, 4.69) is 9.97 Å². The van der Waals surface area contributed by atoms with Gasteiger partial charge in [0.25, 0.3) is 11.5 Å². The van der Waals surface area contributed by atoms with Gasteiger partial charge in [-0.1, -0.05) is 0 Å². The van der Waals surface area contributed by atoms with E-state index in [9.17, 15) is 9.59 Å².